The van der Waals surface area contributed by atoms with Gasteiger partial charge < -0.3 is 16.4 Å². The van der Waals surface area contributed by atoms with Gasteiger partial charge in [0, 0.05) is 48.8 Å². The Labute approximate surface area is 161 Å². The molecule has 0 radical (unpaired) electrons. The van der Waals surface area contributed by atoms with Crippen molar-refractivity contribution >= 4 is 54.3 Å². The topological polar surface area (TPSA) is 98.4 Å². The SMILES string of the molecule is Nc1nccc(Sc2cnc(N3CC[C@H](N)C3)n3ccnc23)c1Cl.S. The third-order valence-electron chi connectivity index (χ3n) is 3.98. The van der Waals surface area contributed by atoms with E-state index in [0.717, 1.165) is 40.9 Å². The summed E-state index contributed by atoms with van der Waals surface area (Å²) in [5, 5.41) is 0.446. The highest BCUT2D eigenvalue weighted by atomic mass is 35.5. The Morgan fingerprint density at radius 1 is 1.20 bits per heavy atom. The van der Waals surface area contributed by atoms with Crippen LogP contribution in [-0.4, -0.2) is 38.5 Å². The van der Waals surface area contributed by atoms with Gasteiger partial charge in [-0.2, -0.15) is 13.5 Å². The molecule has 0 saturated carbocycles. The van der Waals surface area contributed by atoms with E-state index in [2.05, 4.69) is 19.9 Å². The minimum atomic E-state index is 0. The van der Waals surface area contributed by atoms with E-state index in [9.17, 15) is 0 Å². The summed E-state index contributed by atoms with van der Waals surface area (Å²) in [6, 6.07) is 2.02. The first-order valence-electron chi connectivity index (χ1n) is 7.54. The van der Waals surface area contributed by atoms with Crippen molar-refractivity contribution in [2.24, 2.45) is 5.73 Å². The lowest BCUT2D eigenvalue weighted by molar-refractivity contribution is 0.749. The number of pyridine rings is 1. The fourth-order valence-corrected chi connectivity index (χ4v) is 3.93. The van der Waals surface area contributed by atoms with E-state index in [1.807, 2.05) is 22.9 Å². The lowest BCUT2D eigenvalue weighted by Crippen LogP contribution is -2.28. The minimum Gasteiger partial charge on any atom is -0.382 e. The molecule has 132 valence electrons. The number of nitrogens with two attached hydrogens (primary N) is 2. The molecule has 0 spiro atoms. The van der Waals surface area contributed by atoms with E-state index in [1.54, 1.807) is 12.4 Å². The van der Waals surface area contributed by atoms with E-state index < -0.39 is 0 Å². The zero-order chi connectivity index (χ0) is 16.7. The van der Waals surface area contributed by atoms with Crippen LogP contribution in [0.3, 0.4) is 0 Å². The molecule has 1 fully saturated rings. The summed E-state index contributed by atoms with van der Waals surface area (Å²) in [5.74, 6) is 1.18. The number of nitrogens with zero attached hydrogens (tertiary/aromatic N) is 5. The first-order chi connectivity index (χ1) is 11.6. The smallest absolute Gasteiger partial charge is 0.211 e. The Bertz CT molecular complexity index is 901. The van der Waals surface area contributed by atoms with Crippen molar-refractivity contribution in [2.75, 3.05) is 23.7 Å². The highest BCUT2D eigenvalue weighted by Gasteiger charge is 2.23. The van der Waals surface area contributed by atoms with Crippen LogP contribution in [0.5, 0.6) is 0 Å². The van der Waals surface area contributed by atoms with Crippen LogP contribution >= 0.6 is 36.9 Å². The number of imidazole rings is 1. The van der Waals surface area contributed by atoms with Crippen molar-refractivity contribution in [1.82, 2.24) is 19.4 Å². The van der Waals surface area contributed by atoms with Gasteiger partial charge >= 0.3 is 0 Å². The molecule has 0 aromatic carbocycles. The predicted octanol–water partition coefficient (Wildman–Crippen LogP) is 2.16. The number of halogens is 1. The van der Waals surface area contributed by atoms with Crippen molar-refractivity contribution in [3.63, 3.8) is 0 Å². The van der Waals surface area contributed by atoms with Crippen LogP contribution in [0.2, 0.25) is 5.02 Å². The maximum Gasteiger partial charge on any atom is 0.211 e. The first-order valence-corrected chi connectivity index (χ1v) is 8.73. The lowest BCUT2D eigenvalue weighted by Gasteiger charge is -2.18. The number of rotatable bonds is 3. The average Bonchev–Trinajstić information content (AvgIpc) is 3.21. The molecule has 3 aromatic heterocycles. The molecule has 3 aromatic rings. The normalized spacial score (nSPS) is 17.0. The Hall–Kier alpha value is -1.68. The highest BCUT2D eigenvalue weighted by molar-refractivity contribution is 7.99. The van der Waals surface area contributed by atoms with Gasteiger partial charge in [-0.3, -0.25) is 4.40 Å². The zero-order valence-corrected chi connectivity index (χ0v) is 15.8. The van der Waals surface area contributed by atoms with Crippen molar-refractivity contribution in [3.8, 4) is 0 Å². The number of aromatic nitrogens is 4. The van der Waals surface area contributed by atoms with Gasteiger partial charge in [-0.15, -0.1) is 0 Å². The second-order valence-electron chi connectivity index (χ2n) is 5.65. The molecule has 1 atom stereocenters. The maximum atomic E-state index is 6.24. The Morgan fingerprint density at radius 2 is 2.04 bits per heavy atom. The maximum absolute atomic E-state index is 6.24. The molecule has 1 aliphatic rings. The number of hydrogen-bond acceptors (Lipinski definition) is 7. The molecule has 7 nitrogen and oxygen atoms in total. The van der Waals surface area contributed by atoms with Crippen molar-refractivity contribution in [2.45, 2.75) is 22.3 Å². The van der Waals surface area contributed by atoms with E-state index >= 15 is 0 Å². The number of fused-ring (bicyclic) bond motifs is 1. The number of nitrogen functional groups attached to an aromatic ring is 1. The summed E-state index contributed by atoms with van der Waals surface area (Å²) in [7, 11) is 0. The fourth-order valence-electron chi connectivity index (χ4n) is 2.80. The second kappa shape index (κ2) is 7.28. The molecule has 25 heavy (non-hydrogen) atoms. The highest BCUT2D eigenvalue weighted by Crippen LogP contribution is 2.37. The molecule has 0 aliphatic carbocycles. The molecule has 0 unspecified atom stereocenters. The largest absolute Gasteiger partial charge is 0.382 e. The standard InChI is InChI=1S/C15H16ClN7S.H2S/c16-12-10(1-3-19-13(12)18)24-11-7-21-15(22-5-2-9(17)8-22)23-6-4-20-14(11)23;/h1,3-4,6-7,9H,2,5,8,17H2,(H2,18,19);1H2/t9-;/m0./s1. The van der Waals surface area contributed by atoms with Crippen molar-refractivity contribution < 1.29 is 0 Å². The van der Waals surface area contributed by atoms with E-state index in [0.29, 0.717) is 10.8 Å². The van der Waals surface area contributed by atoms with Crippen molar-refractivity contribution in [3.05, 3.63) is 35.9 Å². The van der Waals surface area contributed by atoms with Crippen LogP contribution in [-0.2, 0) is 0 Å². The molecule has 4 rings (SSSR count). The fraction of sp³-hybridized carbons (Fsp3) is 0.267. The van der Waals surface area contributed by atoms with Gasteiger partial charge in [0.05, 0.1) is 9.92 Å². The van der Waals surface area contributed by atoms with Crippen molar-refractivity contribution in [1.29, 1.82) is 0 Å². The van der Waals surface area contributed by atoms with Gasteiger partial charge in [-0.1, -0.05) is 23.4 Å². The minimum absolute atomic E-state index is 0. The molecule has 4 heterocycles. The van der Waals surface area contributed by atoms with Gasteiger partial charge in [0.2, 0.25) is 5.95 Å². The lowest BCUT2D eigenvalue weighted by atomic mass is 10.3. The first kappa shape index (κ1) is 18.1. The molecule has 4 N–H and O–H groups in total. The summed E-state index contributed by atoms with van der Waals surface area (Å²) >= 11 is 7.71. The Morgan fingerprint density at radius 3 is 2.80 bits per heavy atom. The van der Waals surface area contributed by atoms with Crippen LogP contribution in [0.25, 0.3) is 5.65 Å². The van der Waals surface area contributed by atoms with Crippen LogP contribution in [0.1, 0.15) is 6.42 Å². The summed E-state index contributed by atoms with van der Waals surface area (Å²) in [4.78, 5) is 17.0. The van der Waals surface area contributed by atoms with Gasteiger partial charge in [-0.25, -0.2) is 15.0 Å². The van der Waals surface area contributed by atoms with Gasteiger partial charge in [0.25, 0.3) is 0 Å². The van der Waals surface area contributed by atoms with Crippen LogP contribution < -0.4 is 16.4 Å². The summed E-state index contributed by atoms with van der Waals surface area (Å²) < 4.78 is 1.98. The summed E-state index contributed by atoms with van der Waals surface area (Å²) in [6.45, 7) is 1.71. The molecule has 0 bridgehead atoms. The molecule has 10 heteroatoms. The van der Waals surface area contributed by atoms with E-state index in [-0.39, 0.29) is 19.5 Å². The summed E-state index contributed by atoms with van der Waals surface area (Å²) in [5.41, 5.74) is 12.6. The van der Waals surface area contributed by atoms with Gasteiger partial charge in [-0.05, 0) is 12.5 Å². The predicted molar refractivity (Wildman–Crippen MR) is 106 cm³/mol. The third kappa shape index (κ3) is 3.37. The summed E-state index contributed by atoms with van der Waals surface area (Å²) in [6.07, 6.45) is 8.11. The molecular formula is C15H18ClN7S2. The van der Waals surface area contributed by atoms with Crippen LogP contribution in [0.4, 0.5) is 11.8 Å². The second-order valence-corrected chi connectivity index (χ2v) is 7.11. The Kier molecular flexibility index (Phi) is 5.28. The number of hydrogen-bond donors (Lipinski definition) is 2. The average molecular weight is 396 g/mol. The third-order valence-corrected chi connectivity index (χ3v) is 5.56. The van der Waals surface area contributed by atoms with Gasteiger partial charge in [0.1, 0.15) is 5.82 Å². The Balaban J connectivity index is 0.00000182. The monoisotopic (exact) mass is 395 g/mol. The molecule has 1 aliphatic heterocycles. The molecular weight excluding hydrogens is 378 g/mol. The molecule has 1 saturated heterocycles. The van der Waals surface area contributed by atoms with Crippen LogP contribution in [0, 0.1) is 0 Å². The van der Waals surface area contributed by atoms with E-state index in [1.165, 1.54) is 11.8 Å². The zero-order valence-electron chi connectivity index (χ0n) is 13.3. The van der Waals surface area contributed by atoms with E-state index in [4.69, 9.17) is 23.1 Å². The molecule has 0 amide bonds. The van der Waals surface area contributed by atoms with Crippen LogP contribution in [0.15, 0.2) is 40.6 Å². The van der Waals surface area contributed by atoms with Gasteiger partial charge in [0.15, 0.2) is 5.65 Å². The quantitative estimate of drug-likeness (QED) is 0.701. The number of anilines is 2.